The first kappa shape index (κ1) is 30.5. The molecule has 0 heterocycles. The first-order valence-electron chi connectivity index (χ1n) is 11.1. The van der Waals surface area contributed by atoms with Crippen LogP contribution in [0.25, 0.3) is 0 Å². The molecule has 1 rings (SSSR count). The smallest absolute Gasteiger partial charge is 0.459 e. The van der Waals surface area contributed by atoms with Crippen LogP contribution in [0, 0.1) is 11.2 Å². The summed E-state index contributed by atoms with van der Waals surface area (Å²) in [7, 11) is -4.32. The van der Waals surface area contributed by atoms with Crippen LogP contribution in [0.5, 0.6) is 5.75 Å². The Bertz CT molecular complexity index is 913. The maximum Gasteiger partial charge on any atom is 0.459 e. The highest BCUT2D eigenvalue weighted by Crippen LogP contribution is 2.46. The van der Waals surface area contributed by atoms with Crippen LogP contribution >= 0.6 is 7.75 Å². The third kappa shape index (κ3) is 10.7. The van der Waals surface area contributed by atoms with Crippen molar-refractivity contribution < 1.29 is 47.0 Å². The van der Waals surface area contributed by atoms with Gasteiger partial charge in [0.1, 0.15) is 23.7 Å². The van der Waals surface area contributed by atoms with Gasteiger partial charge in [-0.1, -0.05) is 19.9 Å². The summed E-state index contributed by atoms with van der Waals surface area (Å²) < 4.78 is 47.5. The van der Waals surface area contributed by atoms with E-state index in [9.17, 15) is 28.4 Å². The van der Waals surface area contributed by atoms with Gasteiger partial charge in [-0.05, 0) is 32.9 Å². The minimum Gasteiger partial charge on any atom is -0.466 e. The van der Waals surface area contributed by atoms with Crippen molar-refractivity contribution in [1.82, 2.24) is 10.4 Å². The molecule has 0 radical (unpaired) electrons. The van der Waals surface area contributed by atoms with Gasteiger partial charge >= 0.3 is 19.7 Å². The average molecular weight is 520 g/mol. The van der Waals surface area contributed by atoms with Crippen molar-refractivity contribution in [2.24, 2.45) is 5.41 Å². The van der Waals surface area contributed by atoms with Crippen LogP contribution in [0.4, 0.5) is 4.39 Å². The lowest BCUT2D eigenvalue weighted by Gasteiger charge is -2.31. The van der Waals surface area contributed by atoms with E-state index >= 15 is 0 Å². The zero-order valence-electron chi connectivity index (χ0n) is 20.5. The fourth-order valence-corrected chi connectivity index (χ4v) is 4.27. The number of ether oxygens (including phenoxy) is 2. The quantitative estimate of drug-likeness (QED) is 0.232. The summed E-state index contributed by atoms with van der Waals surface area (Å²) in [5.74, 6) is -2.78. The molecule has 0 fully saturated rings. The molecule has 0 aromatic heterocycles. The standard InChI is InChI=1S/C22H34FN2O9P/c1-6-31-18(26)11-12-24-20(28)19(27)22(4,5)14-33-35(30,25-15(3)21(29)32-7-2)34-17-10-8-9-16(23)13-17/h8-10,13,15,19,27H,6-7,11-12,14H2,1-5H3,(H,24,28)(H,25,30)/t15-,19-,35?/m0/s1. The van der Waals surface area contributed by atoms with Crippen LogP contribution in [0.15, 0.2) is 24.3 Å². The maximum atomic E-state index is 13.6. The predicted molar refractivity (Wildman–Crippen MR) is 124 cm³/mol. The molecule has 3 N–H and O–H groups in total. The molecule has 1 amide bonds. The van der Waals surface area contributed by atoms with Gasteiger partial charge in [0.05, 0.1) is 26.2 Å². The third-order valence-corrected chi connectivity index (χ3v) is 6.17. The first-order chi connectivity index (χ1) is 16.3. The van der Waals surface area contributed by atoms with Crippen molar-refractivity contribution in [3.63, 3.8) is 0 Å². The zero-order chi connectivity index (χ0) is 26.6. The number of carbonyl (C=O) groups is 3. The highest BCUT2D eigenvalue weighted by atomic mass is 31.2. The van der Waals surface area contributed by atoms with Gasteiger partial charge in [0.15, 0.2) is 0 Å². The van der Waals surface area contributed by atoms with Crippen molar-refractivity contribution in [3.8, 4) is 5.75 Å². The molecule has 0 bridgehead atoms. The van der Waals surface area contributed by atoms with Crippen molar-refractivity contribution in [2.75, 3.05) is 26.4 Å². The third-order valence-electron chi connectivity index (χ3n) is 4.54. The SMILES string of the molecule is CCOC(=O)CCNC(=O)[C@H](O)C(C)(C)COP(=O)(N[C@@H](C)C(=O)OCC)Oc1cccc(F)c1. The van der Waals surface area contributed by atoms with Gasteiger partial charge in [0, 0.05) is 18.0 Å². The van der Waals surface area contributed by atoms with Gasteiger partial charge < -0.3 is 24.4 Å². The van der Waals surface area contributed by atoms with E-state index in [0.29, 0.717) is 0 Å². The van der Waals surface area contributed by atoms with E-state index in [2.05, 4.69) is 10.4 Å². The van der Waals surface area contributed by atoms with Crippen molar-refractivity contribution in [2.45, 2.75) is 53.2 Å². The van der Waals surface area contributed by atoms with Gasteiger partial charge in [-0.25, -0.2) is 8.96 Å². The number of nitrogens with one attached hydrogen (secondary N) is 2. The second kappa shape index (κ2) is 14.1. The van der Waals surface area contributed by atoms with E-state index in [4.69, 9.17) is 18.5 Å². The number of amides is 1. The Morgan fingerprint density at radius 2 is 1.83 bits per heavy atom. The van der Waals surface area contributed by atoms with Gasteiger partial charge in [-0.3, -0.25) is 18.9 Å². The highest BCUT2D eigenvalue weighted by Gasteiger charge is 2.39. The Kier molecular flexibility index (Phi) is 12.3. The number of esters is 2. The molecular weight excluding hydrogens is 486 g/mol. The van der Waals surface area contributed by atoms with E-state index in [0.717, 1.165) is 12.1 Å². The monoisotopic (exact) mass is 520 g/mol. The molecular formula is C22H34FN2O9P. The van der Waals surface area contributed by atoms with Crippen LogP contribution in [0.1, 0.15) is 41.0 Å². The van der Waals surface area contributed by atoms with Crippen LogP contribution in [0.3, 0.4) is 0 Å². The van der Waals surface area contributed by atoms with E-state index < -0.39 is 55.6 Å². The summed E-state index contributed by atoms with van der Waals surface area (Å²) in [6, 6.07) is 3.69. The Hall–Kier alpha value is -2.53. The average Bonchev–Trinajstić information content (AvgIpc) is 2.77. The highest BCUT2D eigenvalue weighted by molar-refractivity contribution is 7.52. The number of benzene rings is 1. The summed E-state index contributed by atoms with van der Waals surface area (Å²) >= 11 is 0. The second-order valence-corrected chi connectivity index (χ2v) is 9.85. The van der Waals surface area contributed by atoms with Crippen LogP contribution in [0.2, 0.25) is 0 Å². The molecule has 0 saturated heterocycles. The Balaban J connectivity index is 2.90. The van der Waals surface area contributed by atoms with Gasteiger partial charge in [-0.2, -0.15) is 5.09 Å². The first-order valence-corrected chi connectivity index (χ1v) is 12.6. The summed E-state index contributed by atoms with van der Waals surface area (Å²) in [5, 5.41) is 15.3. The second-order valence-electron chi connectivity index (χ2n) is 8.16. The topological polar surface area (TPSA) is 149 Å². The van der Waals surface area contributed by atoms with Crippen molar-refractivity contribution >= 4 is 25.6 Å². The van der Waals surface area contributed by atoms with E-state index in [1.807, 2.05) is 0 Å². The molecule has 1 unspecified atom stereocenters. The Labute approximate surface area is 204 Å². The molecule has 0 spiro atoms. The fraction of sp³-hybridized carbons (Fsp3) is 0.591. The molecule has 1 aromatic carbocycles. The number of carbonyl (C=O) groups excluding carboxylic acids is 3. The molecule has 35 heavy (non-hydrogen) atoms. The van der Waals surface area contributed by atoms with Gasteiger partial charge in [0.25, 0.3) is 0 Å². The lowest BCUT2D eigenvalue weighted by Crippen LogP contribution is -2.46. The minimum absolute atomic E-state index is 0.0501. The molecule has 0 aliphatic heterocycles. The van der Waals surface area contributed by atoms with Gasteiger partial charge in [0.2, 0.25) is 5.91 Å². The van der Waals surface area contributed by atoms with E-state index in [1.165, 1.54) is 32.9 Å². The molecule has 0 aliphatic carbocycles. The minimum atomic E-state index is -4.32. The van der Waals surface area contributed by atoms with E-state index in [1.54, 1.807) is 13.8 Å². The molecule has 0 saturated carbocycles. The summed E-state index contributed by atoms with van der Waals surface area (Å²) in [4.78, 5) is 35.7. The van der Waals surface area contributed by atoms with Gasteiger partial charge in [-0.15, -0.1) is 0 Å². The van der Waals surface area contributed by atoms with Crippen molar-refractivity contribution in [3.05, 3.63) is 30.1 Å². The normalized spacial score (nSPS) is 14.8. The molecule has 198 valence electrons. The largest absolute Gasteiger partial charge is 0.466 e. The maximum absolute atomic E-state index is 13.6. The van der Waals surface area contributed by atoms with E-state index in [-0.39, 0.29) is 31.9 Å². The summed E-state index contributed by atoms with van der Waals surface area (Å²) in [6.07, 6.45) is -1.69. The molecule has 11 nitrogen and oxygen atoms in total. The number of hydrogen-bond acceptors (Lipinski definition) is 9. The van der Waals surface area contributed by atoms with Crippen LogP contribution < -0.4 is 14.9 Å². The number of rotatable bonds is 15. The summed E-state index contributed by atoms with van der Waals surface area (Å²) in [5.41, 5.74) is -1.29. The fourth-order valence-electron chi connectivity index (χ4n) is 2.61. The Morgan fingerprint density at radius 1 is 1.17 bits per heavy atom. The van der Waals surface area contributed by atoms with Crippen molar-refractivity contribution in [1.29, 1.82) is 0 Å². The number of aliphatic hydroxyl groups is 1. The number of hydrogen-bond donors (Lipinski definition) is 3. The number of halogens is 1. The van der Waals surface area contributed by atoms with Crippen LogP contribution in [-0.2, 0) is 32.9 Å². The number of aliphatic hydroxyl groups excluding tert-OH is 1. The predicted octanol–water partition coefficient (Wildman–Crippen LogP) is 2.33. The van der Waals surface area contributed by atoms with Crippen LogP contribution in [-0.4, -0.2) is 61.5 Å². The molecule has 0 aliphatic rings. The lowest BCUT2D eigenvalue weighted by atomic mass is 9.87. The summed E-state index contributed by atoms with van der Waals surface area (Å²) in [6.45, 7) is 7.37. The molecule has 13 heteroatoms. The molecule has 1 aromatic rings. The molecule has 3 atom stereocenters. The lowest BCUT2D eigenvalue weighted by molar-refractivity contribution is -0.145. The zero-order valence-corrected chi connectivity index (χ0v) is 21.4. The Morgan fingerprint density at radius 3 is 2.43 bits per heavy atom.